The highest BCUT2D eigenvalue weighted by atomic mass is 16.7. The van der Waals surface area contributed by atoms with Gasteiger partial charge < -0.3 is 24.7 Å². The summed E-state index contributed by atoms with van der Waals surface area (Å²) < 4.78 is 12.8. The molecule has 0 bridgehead atoms. The number of nitrogens with zero attached hydrogens (tertiary/aromatic N) is 1. The molecule has 0 saturated carbocycles. The number of fused-ring (bicyclic) bond motifs is 1. The van der Waals surface area contributed by atoms with E-state index in [1.165, 1.54) is 5.56 Å². The van der Waals surface area contributed by atoms with Crippen molar-refractivity contribution in [2.45, 2.75) is 27.3 Å². The highest BCUT2D eigenvalue weighted by Gasteiger charge is 2.15. The molecule has 3 aromatic rings. The highest BCUT2D eigenvalue weighted by molar-refractivity contribution is 5.89. The molecule has 0 fully saturated rings. The second-order valence-electron chi connectivity index (χ2n) is 6.95. The van der Waals surface area contributed by atoms with Crippen LogP contribution in [0.3, 0.4) is 0 Å². The van der Waals surface area contributed by atoms with Gasteiger partial charge in [0.1, 0.15) is 0 Å². The van der Waals surface area contributed by atoms with Gasteiger partial charge in [0.2, 0.25) is 6.79 Å². The zero-order valence-corrected chi connectivity index (χ0v) is 16.2. The molecule has 2 N–H and O–H groups in total. The Morgan fingerprint density at radius 1 is 1.04 bits per heavy atom. The summed E-state index contributed by atoms with van der Waals surface area (Å²) in [4.78, 5) is 12.3. The number of aryl methyl sites for hydroxylation is 2. The molecule has 2 amide bonds. The average Bonchev–Trinajstić information content (AvgIpc) is 3.23. The van der Waals surface area contributed by atoms with Gasteiger partial charge in [-0.2, -0.15) is 0 Å². The predicted octanol–water partition coefficient (Wildman–Crippen LogP) is 4.45. The Labute approximate surface area is 164 Å². The summed E-state index contributed by atoms with van der Waals surface area (Å²) in [6.07, 6.45) is 0. The topological polar surface area (TPSA) is 64.5 Å². The zero-order chi connectivity index (χ0) is 19.7. The Kier molecular flexibility index (Phi) is 4.69. The Hall–Kier alpha value is -3.41. The number of ether oxygens (including phenoxy) is 2. The number of carbonyl (C=O) groups excluding carboxylic acids is 1. The van der Waals surface area contributed by atoms with Crippen LogP contribution in [0.4, 0.5) is 10.5 Å². The van der Waals surface area contributed by atoms with Gasteiger partial charge in [0.15, 0.2) is 11.5 Å². The lowest BCUT2D eigenvalue weighted by Crippen LogP contribution is -2.28. The average molecular weight is 377 g/mol. The molecule has 0 unspecified atom stereocenters. The van der Waals surface area contributed by atoms with E-state index >= 15 is 0 Å². The molecule has 6 heteroatoms. The molecular formula is C22H23N3O3. The maximum atomic E-state index is 12.3. The van der Waals surface area contributed by atoms with Crippen LogP contribution < -0.4 is 20.1 Å². The van der Waals surface area contributed by atoms with E-state index in [4.69, 9.17) is 9.47 Å². The fourth-order valence-corrected chi connectivity index (χ4v) is 3.50. The van der Waals surface area contributed by atoms with Gasteiger partial charge in [-0.05, 0) is 62.2 Å². The van der Waals surface area contributed by atoms with Crippen LogP contribution in [0.15, 0.2) is 48.5 Å². The van der Waals surface area contributed by atoms with Gasteiger partial charge in [0.05, 0.1) is 0 Å². The summed E-state index contributed by atoms with van der Waals surface area (Å²) in [6.45, 7) is 6.89. The van der Waals surface area contributed by atoms with Gasteiger partial charge in [-0.15, -0.1) is 0 Å². The van der Waals surface area contributed by atoms with Crippen molar-refractivity contribution in [2.75, 3.05) is 12.1 Å². The van der Waals surface area contributed by atoms with Crippen LogP contribution in [0.1, 0.15) is 22.5 Å². The molecule has 4 rings (SSSR count). The van der Waals surface area contributed by atoms with Gasteiger partial charge >= 0.3 is 6.03 Å². The summed E-state index contributed by atoms with van der Waals surface area (Å²) in [5.74, 6) is 1.33. The third-order valence-electron chi connectivity index (χ3n) is 4.87. The molecule has 0 saturated heterocycles. The number of anilines is 1. The molecular weight excluding hydrogens is 354 g/mol. The van der Waals surface area contributed by atoms with E-state index in [9.17, 15) is 4.79 Å². The normalized spacial score (nSPS) is 12.1. The van der Waals surface area contributed by atoms with Crippen molar-refractivity contribution in [1.82, 2.24) is 9.88 Å². The quantitative estimate of drug-likeness (QED) is 0.706. The van der Waals surface area contributed by atoms with E-state index in [1.807, 2.05) is 0 Å². The lowest BCUT2D eigenvalue weighted by Gasteiger charge is -2.11. The fourth-order valence-electron chi connectivity index (χ4n) is 3.50. The predicted molar refractivity (Wildman–Crippen MR) is 108 cm³/mol. The first kappa shape index (κ1) is 18.0. The summed E-state index contributed by atoms with van der Waals surface area (Å²) in [5.41, 5.74) is 6.34. The number of amides is 2. The molecule has 0 atom stereocenters. The third kappa shape index (κ3) is 3.53. The van der Waals surface area contributed by atoms with E-state index in [1.54, 1.807) is 18.2 Å². The number of carbonyl (C=O) groups is 1. The fraction of sp³-hybridized carbons (Fsp3) is 0.227. The number of hydrogen-bond donors (Lipinski definition) is 2. The van der Waals surface area contributed by atoms with Crippen LogP contribution in [0.2, 0.25) is 0 Å². The van der Waals surface area contributed by atoms with Crippen LogP contribution in [0.25, 0.3) is 5.69 Å². The van der Waals surface area contributed by atoms with Crippen LogP contribution in [-0.4, -0.2) is 17.4 Å². The molecule has 0 aliphatic carbocycles. The Balaban J connectivity index is 1.43. The van der Waals surface area contributed by atoms with Crippen molar-refractivity contribution in [3.8, 4) is 17.2 Å². The van der Waals surface area contributed by atoms with Crippen molar-refractivity contribution in [2.24, 2.45) is 0 Å². The summed E-state index contributed by atoms with van der Waals surface area (Å²) in [5, 5.41) is 5.75. The highest BCUT2D eigenvalue weighted by Crippen LogP contribution is 2.34. The number of hydrogen-bond acceptors (Lipinski definition) is 3. The van der Waals surface area contributed by atoms with Gasteiger partial charge in [-0.1, -0.05) is 12.1 Å². The van der Waals surface area contributed by atoms with Crippen molar-refractivity contribution in [1.29, 1.82) is 0 Å². The first-order valence-corrected chi connectivity index (χ1v) is 9.20. The van der Waals surface area contributed by atoms with Crippen molar-refractivity contribution < 1.29 is 14.3 Å². The van der Waals surface area contributed by atoms with Gasteiger partial charge in [0, 0.05) is 35.4 Å². The van der Waals surface area contributed by atoms with E-state index in [-0.39, 0.29) is 12.8 Å². The number of aromatic nitrogens is 1. The number of rotatable bonds is 4. The molecule has 28 heavy (non-hydrogen) atoms. The van der Waals surface area contributed by atoms with Crippen LogP contribution in [0.5, 0.6) is 11.5 Å². The van der Waals surface area contributed by atoms with E-state index in [0.29, 0.717) is 23.7 Å². The van der Waals surface area contributed by atoms with Gasteiger partial charge in [-0.25, -0.2) is 4.79 Å². The summed E-state index contributed by atoms with van der Waals surface area (Å²) in [6, 6.07) is 15.6. The third-order valence-corrected chi connectivity index (χ3v) is 4.87. The number of urea groups is 1. The zero-order valence-electron chi connectivity index (χ0n) is 16.2. The Morgan fingerprint density at radius 2 is 1.86 bits per heavy atom. The Bertz CT molecular complexity index is 1040. The standard InChI is InChI=1S/C22H23N3O3/c1-14-5-4-6-19(9-14)25-15(2)10-17(16(25)3)12-23-22(26)24-18-7-8-20-21(11-18)28-13-27-20/h4-11H,12-13H2,1-3H3,(H2,23,24,26). The number of benzene rings is 2. The van der Waals surface area contributed by atoms with Crippen molar-refractivity contribution >= 4 is 11.7 Å². The lowest BCUT2D eigenvalue weighted by molar-refractivity contribution is 0.174. The minimum atomic E-state index is -0.265. The molecule has 144 valence electrons. The van der Waals surface area contributed by atoms with Crippen molar-refractivity contribution in [3.05, 3.63) is 71.0 Å². The van der Waals surface area contributed by atoms with Gasteiger partial charge in [-0.3, -0.25) is 0 Å². The SMILES string of the molecule is Cc1cccc(-n2c(C)cc(CNC(=O)Nc3ccc4c(c3)OCO4)c2C)c1. The summed E-state index contributed by atoms with van der Waals surface area (Å²) >= 11 is 0. The smallest absolute Gasteiger partial charge is 0.319 e. The second kappa shape index (κ2) is 7.31. The van der Waals surface area contributed by atoms with Crippen LogP contribution in [0, 0.1) is 20.8 Å². The second-order valence-corrected chi connectivity index (χ2v) is 6.95. The van der Waals surface area contributed by atoms with Crippen LogP contribution >= 0.6 is 0 Å². The van der Waals surface area contributed by atoms with E-state index in [0.717, 1.165) is 22.6 Å². The van der Waals surface area contributed by atoms with Crippen LogP contribution in [-0.2, 0) is 6.54 Å². The maximum absolute atomic E-state index is 12.3. The monoisotopic (exact) mass is 377 g/mol. The van der Waals surface area contributed by atoms with E-state index < -0.39 is 0 Å². The summed E-state index contributed by atoms with van der Waals surface area (Å²) in [7, 11) is 0. The minimum Gasteiger partial charge on any atom is -0.454 e. The van der Waals surface area contributed by atoms with Crippen molar-refractivity contribution in [3.63, 3.8) is 0 Å². The maximum Gasteiger partial charge on any atom is 0.319 e. The molecule has 0 spiro atoms. The molecule has 2 heterocycles. The minimum absolute atomic E-state index is 0.210. The molecule has 1 aliphatic rings. The van der Waals surface area contributed by atoms with Gasteiger partial charge in [0.25, 0.3) is 0 Å². The molecule has 0 radical (unpaired) electrons. The largest absolute Gasteiger partial charge is 0.454 e. The first-order valence-electron chi connectivity index (χ1n) is 9.20. The first-order chi connectivity index (χ1) is 13.5. The lowest BCUT2D eigenvalue weighted by atomic mass is 10.2. The molecule has 2 aromatic carbocycles. The Morgan fingerprint density at radius 3 is 2.68 bits per heavy atom. The van der Waals surface area contributed by atoms with E-state index in [2.05, 4.69) is 66.3 Å². The molecule has 6 nitrogen and oxygen atoms in total. The number of nitrogens with one attached hydrogen (secondary N) is 2. The molecule has 1 aromatic heterocycles. The molecule has 1 aliphatic heterocycles.